The van der Waals surface area contributed by atoms with E-state index in [0.29, 0.717) is 11.4 Å². The number of nitrogens with zero attached hydrogens (tertiary/aromatic N) is 1. The molecule has 0 aliphatic heterocycles. The lowest BCUT2D eigenvalue weighted by Crippen LogP contribution is -2.14. The highest BCUT2D eigenvalue weighted by Gasteiger charge is 2.15. The van der Waals surface area contributed by atoms with E-state index in [1.807, 2.05) is 6.92 Å². The Balaban J connectivity index is 1.79. The van der Waals surface area contributed by atoms with E-state index in [9.17, 15) is 13.6 Å². The molecule has 3 aromatic rings. The third-order valence-electron chi connectivity index (χ3n) is 3.45. The van der Waals surface area contributed by atoms with Crippen LogP contribution >= 0.6 is 22.9 Å². The van der Waals surface area contributed by atoms with Gasteiger partial charge in [-0.3, -0.25) is 4.79 Å². The first-order chi connectivity index (χ1) is 11.9. The Bertz CT molecular complexity index is 925. The smallest absolute Gasteiger partial charge is 0.229 e. The van der Waals surface area contributed by atoms with Gasteiger partial charge in [0.25, 0.3) is 0 Å². The van der Waals surface area contributed by atoms with Gasteiger partial charge in [0.2, 0.25) is 5.91 Å². The van der Waals surface area contributed by atoms with Crippen molar-refractivity contribution >= 4 is 34.5 Å². The number of carbonyl (C=O) groups excluding carboxylic acids is 1. The van der Waals surface area contributed by atoms with Crippen LogP contribution in [-0.4, -0.2) is 10.9 Å². The van der Waals surface area contributed by atoms with E-state index in [2.05, 4.69) is 10.3 Å². The molecule has 0 aliphatic carbocycles. The molecular weight excluding hydrogens is 366 g/mol. The number of nitrogens with one attached hydrogen (secondary N) is 1. The molecule has 1 aromatic heterocycles. The van der Waals surface area contributed by atoms with Gasteiger partial charge in [-0.25, -0.2) is 13.8 Å². The van der Waals surface area contributed by atoms with Crippen LogP contribution < -0.4 is 5.32 Å². The summed E-state index contributed by atoms with van der Waals surface area (Å²) in [5.41, 5.74) is 1.83. The molecule has 25 heavy (non-hydrogen) atoms. The van der Waals surface area contributed by atoms with Crippen LogP contribution in [0, 0.1) is 18.6 Å². The molecule has 1 N–H and O–H groups in total. The molecule has 1 amide bonds. The fourth-order valence-electron chi connectivity index (χ4n) is 2.35. The van der Waals surface area contributed by atoms with Crippen LogP contribution in [-0.2, 0) is 11.2 Å². The maximum Gasteiger partial charge on any atom is 0.229 e. The molecule has 0 saturated heterocycles. The lowest BCUT2D eigenvalue weighted by molar-refractivity contribution is -0.115. The second kappa shape index (κ2) is 7.29. The van der Waals surface area contributed by atoms with Crippen LogP contribution in [0.4, 0.5) is 14.5 Å². The summed E-state index contributed by atoms with van der Waals surface area (Å²) in [4.78, 5) is 17.5. The molecule has 0 bridgehead atoms. The van der Waals surface area contributed by atoms with E-state index in [4.69, 9.17) is 11.6 Å². The highest BCUT2D eigenvalue weighted by molar-refractivity contribution is 7.12. The van der Waals surface area contributed by atoms with Crippen molar-refractivity contribution in [2.75, 3.05) is 5.32 Å². The van der Waals surface area contributed by atoms with E-state index in [-0.39, 0.29) is 23.2 Å². The summed E-state index contributed by atoms with van der Waals surface area (Å²) < 4.78 is 26.3. The van der Waals surface area contributed by atoms with Crippen LogP contribution in [0.1, 0.15) is 9.88 Å². The molecule has 2 aromatic carbocycles. The van der Waals surface area contributed by atoms with Gasteiger partial charge in [-0.05, 0) is 49.4 Å². The van der Waals surface area contributed by atoms with Gasteiger partial charge in [-0.15, -0.1) is 11.3 Å². The number of aryl methyl sites for hydroxylation is 1. The molecule has 0 spiro atoms. The molecule has 1 heterocycles. The summed E-state index contributed by atoms with van der Waals surface area (Å²) in [7, 11) is 0. The molecule has 7 heteroatoms. The average Bonchev–Trinajstić information content (AvgIpc) is 2.92. The SMILES string of the molecule is Cc1nc(-c2ccc(F)cc2)c(CC(=O)Nc2ccc(F)c(Cl)c2)s1. The largest absolute Gasteiger partial charge is 0.326 e. The maximum absolute atomic E-state index is 13.2. The van der Waals surface area contributed by atoms with Crippen LogP contribution in [0.15, 0.2) is 42.5 Å². The van der Waals surface area contributed by atoms with Crippen molar-refractivity contribution in [3.63, 3.8) is 0 Å². The van der Waals surface area contributed by atoms with Crippen LogP contribution in [0.2, 0.25) is 5.02 Å². The second-order valence-electron chi connectivity index (χ2n) is 5.37. The molecule has 0 unspecified atom stereocenters. The summed E-state index contributed by atoms with van der Waals surface area (Å²) in [6.07, 6.45) is 0.104. The monoisotopic (exact) mass is 378 g/mol. The van der Waals surface area contributed by atoms with E-state index in [1.165, 1.54) is 41.7 Å². The highest BCUT2D eigenvalue weighted by atomic mass is 35.5. The van der Waals surface area contributed by atoms with Crippen molar-refractivity contribution in [2.45, 2.75) is 13.3 Å². The molecular formula is C18H13ClF2N2OS. The Kier molecular flexibility index (Phi) is 5.11. The fourth-order valence-corrected chi connectivity index (χ4v) is 3.48. The molecule has 3 rings (SSSR count). The Morgan fingerprint density at radius 2 is 1.92 bits per heavy atom. The maximum atomic E-state index is 13.2. The number of carbonyl (C=O) groups is 1. The van der Waals surface area contributed by atoms with E-state index >= 15 is 0 Å². The third kappa shape index (κ3) is 4.21. The molecule has 128 valence electrons. The number of thiazole rings is 1. The lowest BCUT2D eigenvalue weighted by Gasteiger charge is -2.06. The van der Waals surface area contributed by atoms with Crippen LogP contribution in [0.25, 0.3) is 11.3 Å². The first-order valence-corrected chi connectivity index (χ1v) is 8.59. The van der Waals surface area contributed by atoms with Gasteiger partial charge >= 0.3 is 0 Å². The van der Waals surface area contributed by atoms with Crippen LogP contribution in [0.3, 0.4) is 0 Å². The van der Waals surface area contributed by atoms with Gasteiger partial charge in [0.05, 0.1) is 22.1 Å². The Hall–Kier alpha value is -2.31. The minimum Gasteiger partial charge on any atom is -0.326 e. The van der Waals surface area contributed by atoms with Crippen molar-refractivity contribution in [1.29, 1.82) is 0 Å². The van der Waals surface area contributed by atoms with E-state index in [1.54, 1.807) is 12.1 Å². The standard InChI is InChI=1S/C18H13ClF2N2OS/c1-10-22-18(11-2-4-12(20)5-3-11)16(25-10)9-17(24)23-13-6-7-15(21)14(19)8-13/h2-8H,9H2,1H3,(H,23,24). The Labute approximate surface area is 152 Å². The number of rotatable bonds is 4. The molecule has 0 aliphatic rings. The zero-order chi connectivity index (χ0) is 18.0. The fraction of sp³-hybridized carbons (Fsp3) is 0.111. The van der Waals surface area contributed by atoms with Gasteiger partial charge in [0.1, 0.15) is 11.6 Å². The topological polar surface area (TPSA) is 42.0 Å². The molecule has 3 nitrogen and oxygen atoms in total. The van der Waals surface area contributed by atoms with Gasteiger partial charge in [-0.2, -0.15) is 0 Å². The van der Waals surface area contributed by atoms with E-state index in [0.717, 1.165) is 15.4 Å². The summed E-state index contributed by atoms with van der Waals surface area (Å²) in [5, 5.41) is 3.44. The van der Waals surface area contributed by atoms with Crippen molar-refractivity contribution < 1.29 is 13.6 Å². The molecule has 0 radical (unpaired) electrons. The van der Waals surface area contributed by atoms with Crippen molar-refractivity contribution in [1.82, 2.24) is 4.98 Å². The minimum absolute atomic E-state index is 0.0570. The summed E-state index contributed by atoms with van der Waals surface area (Å²) in [6.45, 7) is 1.85. The first kappa shape index (κ1) is 17.5. The zero-order valence-corrected chi connectivity index (χ0v) is 14.7. The number of aromatic nitrogens is 1. The van der Waals surface area contributed by atoms with Crippen LogP contribution in [0.5, 0.6) is 0 Å². The number of anilines is 1. The molecule has 0 saturated carbocycles. The number of benzene rings is 2. The average molecular weight is 379 g/mol. The van der Waals surface area contributed by atoms with Gasteiger partial charge in [-0.1, -0.05) is 11.6 Å². The molecule has 0 fully saturated rings. The predicted molar refractivity (Wildman–Crippen MR) is 96.0 cm³/mol. The summed E-state index contributed by atoms with van der Waals surface area (Å²) in [5.74, 6) is -1.14. The first-order valence-electron chi connectivity index (χ1n) is 7.39. The third-order valence-corrected chi connectivity index (χ3v) is 4.71. The predicted octanol–water partition coefficient (Wildman–Crippen LogP) is 5.23. The lowest BCUT2D eigenvalue weighted by atomic mass is 10.1. The number of halogens is 3. The normalized spacial score (nSPS) is 10.7. The van der Waals surface area contributed by atoms with Gasteiger partial charge in [0.15, 0.2) is 0 Å². The van der Waals surface area contributed by atoms with Gasteiger partial charge in [0, 0.05) is 16.1 Å². The summed E-state index contributed by atoms with van der Waals surface area (Å²) in [6, 6.07) is 9.96. The second-order valence-corrected chi connectivity index (χ2v) is 7.06. The Morgan fingerprint density at radius 3 is 2.60 bits per heavy atom. The van der Waals surface area contributed by atoms with Crippen molar-refractivity contribution in [2.24, 2.45) is 0 Å². The summed E-state index contributed by atoms with van der Waals surface area (Å²) >= 11 is 7.12. The number of amides is 1. The minimum atomic E-state index is -0.545. The quantitative estimate of drug-likeness (QED) is 0.675. The van der Waals surface area contributed by atoms with E-state index < -0.39 is 5.82 Å². The molecule has 0 atom stereocenters. The van der Waals surface area contributed by atoms with Gasteiger partial charge < -0.3 is 5.32 Å². The van der Waals surface area contributed by atoms with Crippen molar-refractivity contribution in [3.8, 4) is 11.3 Å². The number of hydrogen-bond acceptors (Lipinski definition) is 3. The van der Waals surface area contributed by atoms with Crippen molar-refractivity contribution in [3.05, 3.63) is 69.0 Å². The number of hydrogen-bond donors (Lipinski definition) is 1. The Morgan fingerprint density at radius 1 is 1.20 bits per heavy atom. The highest BCUT2D eigenvalue weighted by Crippen LogP contribution is 2.29. The zero-order valence-electron chi connectivity index (χ0n) is 13.1.